The predicted octanol–water partition coefficient (Wildman–Crippen LogP) is 5.95. The van der Waals surface area contributed by atoms with E-state index < -0.39 is 20.4 Å². The van der Waals surface area contributed by atoms with Crippen molar-refractivity contribution >= 4 is 25.0 Å². The Bertz CT molecular complexity index is 805. The Labute approximate surface area is 163 Å². The first-order valence-electron chi connectivity index (χ1n) is 10.2. The highest BCUT2D eigenvalue weighted by atomic mass is 28.3. The van der Waals surface area contributed by atoms with Crippen molar-refractivity contribution in [1.29, 1.82) is 0 Å². The molecule has 0 aliphatic carbocycles. The van der Waals surface area contributed by atoms with E-state index in [1.165, 1.54) is 0 Å². The van der Waals surface area contributed by atoms with Gasteiger partial charge in [0.05, 0.1) is 6.04 Å². The summed E-state index contributed by atoms with van der Waals surface area (Å²) < 4.78 is 18.0. The molecule has 1 aliphatic rings. The summed E-state index contributed by atoms with van der Waals surface area (Å²) in [5.74, 6) is -0.0401. The minimum absolute atomic E-state index is 0.0401. The van der Waals surface area contributed by atoms with Crippen molar-refractivity contribution in [1.82, 2.24) is 9.55 Å². The number of para-hydroxylation sites is 1. The Hall–Kier alpha value is -1.62. The van der Waals surface area contributed by atoms with Gasteiger partial charge >= 0.3 is 0 Å². The lowest BCUT2D eigenvalue weighted by Gasteiger charge is -2.44. The van der Waals surface area contributed by atoms with Crippen molar-refractivity contribution in [2.75, 3.05) is 0 Å². The molecule has 148 valence electrons. The average Bonchev–Trinajstić information content (AvgIpc) is 3.19. The standard InChI is InChI=1S/C22H33FN2OSi/c1-14(2)27(15(3)4,16(5)6)25-13-18(17-9-7-8-10-20(17)25)22(23)19-11-12-21(26)24-19/h7-10,13-16,19,22H,11-12H2,1-6H3,(H,24,26)/t19-,22-/m0/s1. The van der Waals surface area contributed by atoms with Crippen LogP contribution in [0.5, 0.6) is 0 Å². The molecule has 1 saturated heterocycles. The number of hydrogen-bond donors (Lipinski definition) is 1. The quantitative estimate of drug-likeness (QED) is 0.609. The molecule has 1 aromatic carbocycles. The molecule has 2 heterocycles. The topological polar surface area (TPSA) is 34.0 Å². The highest BCUT2D eigenvalue weighted by Gasteiger charge is 2.46. The van der Waals surface area contributed by atoms with Gasteiger partial charge in [0.1, 0.15) is 6.17 Å². The number of halogens is 1. The molecule has 0 radical (unpaired) electrons. The highest BCUT2D eigenvalue weighted by molar-refractivity contribution is 6.82. The van der Waals surface area contributed by atoms with E-state index in [2.05, 4.69) is 63.4 Å². The van der Waals surface area contributed by atoms with Gasteiger partial charge in [0.15, 0.2) is 8.24 Å². The molecule has 1 N–H and O–H groups in total. The molecule has 0 spiro atoms. The second-order valence-electron chi connectivity index (χ2n) is 8.94. The van der Waals surface area contributed by atoms with E-state index >= 15 is 4.39 Å². The van der Waals surface area contributed by atoms with Crippen LogP contribution in [0.3, 0.4) is 0 Å². The van der Waals surface area contributed by atoms with E-state index in [1.807, 2.05) is 18.2 Å². The lowest BCUT2D eigenvalue weighted by molar-refractivity contribution is -0.119. The number of benzene rings is 1. The zero-order valence-corrected chi connectivity index (χ0v) is 18.4. The first-order chi connectivity index (χ1) is 12.7. The van der Waals surface area contributed by atoms with Crippen molar-refractivity contribution in [3.8, 4) is 0 Å². The summed E-state index contributed by atoms with van der Waals surface area (Å²) in [5.41, 5.74) is 3.47. The van der Waals surface area contributed by atoms with Crippen LogP contribution in [0.15, 0.2) is 30.5 Å². The normalized spacial score (nSPS) is 19.5. The smallest absolute Gasteiger partial charge is 0.220 e. The van der Waals surface area contributed by atoms with Gasteiger partial charge in [0.25, 0.3) is 0 Å². The number of carbonyl (C=O) groups is 1. The van der Waals surface area contributed by atoms with E-state index in [-0.39, 0.29) is 5.91 Å². The second kappa shape index (κ2) is 7.42. The SMILES string of the molecule is CC(C)[Si](C(C)C)(C(C)C)n1cc([C@H](F)[C@@H]2CCC(=O)N2)c2ccccc21. The number of alkyl halides is 1. The summed E-state index contributed by atoms with van der Waals surface area (Å²) in [4.78, 5) is 11.6. The Balaban J connectivity index is 2.21. The van der Waals surface area contributed by atoms with Gasteiger partial charge in [0, 0.05) is 29.1 Å². The maximum atomic E-state index is 15.5. The number of hydrogen-bond acceptors (Lipinski definition) is 1. The molecule has 2 aromatic rings. The van der Waals surface area contributed by atoms with Crippen molar-refractivity contribution in [3.63, 3.8) is 0 Å². The van der Waals surface area contributed by atoms with Gasteiger partial charge in [-0.2, -0.15) is 0 Å². The van der Waals surface area contributed by atoms with Gasteiger partial charge in [-0.1, -0.05) is 59.7 Å². The van der Waals surface area contributed by atoms with Crippen LogP contribution < -0.4 is 5.32 Å². The Morgan fingerprint density at radius 3 is 2.19 bits per heavy atom. The van der Waals surface area contributed by atoms with Gasteiger partial charge in [-0.3, -0.25) is 4.79 Å². The average molecular weight is 389 g/mol. The monoisotopic (exact) mass is 388 g/mol. The maximum absolute atomic E-state index is 15.5. The van der Waals surface area contributed by atoms with Gasteiger partial charge in [-0.15, -0.1) is 0 Å². The highest BCUT2D eigenvalue weighted by Crippen LogP contribution is 2.46. The van der Waals surface area contributed by atoms with E-state index in [4.69, 9.17) is 0 Å². The third-order valence-electron chi connectivity index (χ3n) is 6.61. The minimum Gasteiger partial charge on any atom is -0.373 e. The molecule has 3 rings (SSSR count). The van der Waals surface area contributed by atoms with Crippen LogP contribution in [0, 0.1) is 0 Å². The number of nitrogens with one attached hydrogen (secondary N) is 1. The molecule has 3 nitrogen and oxygen atoms in total. The first-order valence-corrected chi connectivity index (χ1v) is 12.4. The van der Waals surface area contributed by atoms with Gasteiger partial charge in [-0.05, 0) is 29.1 Å². The zero-order chi connectivity index (χ0) is 19.9. The summed E-state index contributed by atoms with van der Waals surface area (Å²) in [7, 11) is -1.98. The lowest BCUT2D eigenvalue weighted by Crippen LogP contribution is -2.51. The van der Waals surface area contributed by atoms with Crippen molar-refractivity contribution in [2.45, 2.75) is 83.2 Å². The number of aromatic nitrogens is 1. The van der Waals surface area contributed by atoms with Crippen LogP contribution in [0.25, 0.3) is 10.9 Å². The fourth-order valence-electron chi connectivity index (χ4n) is 5.65. The third kappa shape index (κ3) is 3.14. The Morgan fingerprint density at radius 2 is 1.67 bits per heavy atom. The number of amides is 1. The summed E-state index contributed by atoms with van der Waals surface area (Å²) in [5, 5.41) is 3.81. The van der Waals surface area contributed by atoms with E-state index in [0.717, 1.165) is 16.5 Å². The summed E-state index contributed by atoms with van der Waals surface area (Å²) in [6, 6.07) is 7.79. The fraction of sp³-hybridized carbons (Fsp3) is 0.591. The predicted molar refractivity (Wildman–Crippen MR) is 113 cm³/mol. The molecule has 5 heteroatoms. The maximum Gasteiger partial charge on any atom is 0.220 e. The molecule has 0 bridgehead atoms. The largest absolute Gasteiger partial charge is 0.373 e. The molecular formula is C22H33FN2OSi. The van der Waals surface area contributed by atoms with Gasteiger partial charge in [-0.25, -0.2) is 4.39 Å². The van der Waals surface area contributed by atoms with Crippen molar-refractivity contribution < 1.29 is 9.18 Å². The van der Waals surface area contributed by atoms with E-state index in [9.17, 15) is 4.79 Å². The molecular weight excluding hydrogens is 355 g/mol. The van der Waals surface area contributed by atoms with Crippen LogP contribution >= 0.6 is 0 Å². The van der Waals surface area contributed by atoms with E-state index in [0.29, 0.717) is 29.5 Å². The summed E-state index contributed by atoms with van der Waals surface area (Å²) >= 11 is 0. The van der Waals surface area contributed by atoms with Gasteiger partial charge < -0.3 is 9.55 Å². The molecule has 1 amide bonds. The molecule has 0 unspecified atom stereocenters. The molecule has 1 aliphatic heterocycles. The molecule has 1 aromatic heterocycles. The summed E-state index contributed by atoms with van der Waals surface area (Å²) in [6.45, 7) is 13.9. The lowest BCUT2D eigenvalue weighted by atomic mass is 10.0. The van der Waals surface area contributed by atoms with Crippen LogP contribution in [0.4, 0.5) is 4.39 Å². The van der Waals surface area contributed by atoms with Crippen LogP contribution in [-0.4, -0.2) is 24.4 Å². The van der Waals surface area contributed by atoms with Crippen LogP contribution in [0.1, 0.15) is 66.1 Å². The number of fused-ring (bicyclic) bond motifs is 1. The van der Waals surface area contributed by atoms with E-state index in [1.54, 1.807) is 0 Å². The third-order valence-corrected chi connectivity index (χ3v) is 13.4. The number of rotatable bonds is 6. The first kappa shape index (κ1) is 20.1. The van der Waals surface area contributed by atoms with Crippen LogP contribution in [0.2, 0.25) is 16.6 Å². The minimum atomic E-state index is -1.98. The zero-order valence-electron chi connectivity index (χ0n) is 17.4. The van der Waals surface area contributed by atoms with Gasteiger partial charge in [0.2, 0.25) is 5.91 Å². The molecule has 0 saturated carbocycles. The summed E-state index contributed by atoms with van der Waals surface area (Å²) in [6.07, 6.45) is 1.92. The molecule has 2 atom stereocenters. The van der Waals surface area contributed by atoms with Crippen molar-refractivity contribution in [3.05, 3.63) is 36.0 Å². The number of carbonyl (C=O) groups excluding carboxylic acids is 1. The van der Waals surface area contributed by atoms with Crippen LogP contribution in [-0.2, 0) is 4.79 Å². The fourth-order valence-corrected chi connectivity index (χ4v) is 12.3. The Kier molecular flexibility index (Phi) is 5.53. The number of nitrogens with zero attached hydrogens (tertiary/aromatic N) is 1. The second-order valence-corrected chi connectivity index (χ2v) is 14.7. The molecule has 1 fully saturated rings. The molecule has 27 heavy (non-hydrogen) atoms. The van der Waals surface area contributed by atoms with Crippen molar-refractivity contribution in [2.24, 2.45) is 0 Å². The Morgan fingerprint density at radius 1 is 1.07 bits per heavy atom.